The van der Waals surface area contributed by atoms with Gasteiger partial charge in [0.05, 0.1) is 6.04 Å². The SMILES string of the molecule is C[C@H](c1ccccc1)N(CCCc1ccccc1)C(=O)O. The molecule has 0 heterocycles. The Kier molecular flexibility index (Phi) is 5.38. The summed E-state index contributed by atoms with van der Waals surface area (Å²) in [4.78, 5) is 13.0. The monoisotopic (exact) mass is 283 g/mol. The normalized spacial score (nSPS) is 11.9. The van der Waals surface area contributed by atoms with E-state index in [4.69, 9.17) is 0 Å². The molecule has 3 nitrogen and oxygen atoms in total. The van der Waals surface area contributed by atoms with Gasteiger partial charge in [0.25, 0.3) is 0 Å². The lowest BCUT2D eigenvalue weighted by atomic mass is 10.1. The molecule has 0 bridgehead atoms. The van der Waals surface area contributed by atoms with Gasteiger partial charge >= 0.3 is 6.09 Å². The lowest BCUT2D eigenvalue weighted by Crippen LogP contribution is -2.33. The number of rotatable bonds is 6. The largest absolute Gasteiger partial charge is 0.465 e. The highest BCUT2D eigenvalue weighted by Crippen LogP contribution is 2.20. The van der Waals surface area contributed by atoms with Gasteiger partial charge in [-0.1, -0.05) is 60.7 Å². The topological polar surface area (TPSA) is 40.5 Å². The average molecular weight is 283 g/mol. The first-order valence-corrected chi connectivity index (χ1v) is 7.27. The van der Waals surface area contributed by atoms with Crippen LogP contribution in [0.15, 0.2) is 60.7 Å². The van der Waals surface area contributed by atoms with Gasteiger partial charge in [0, 0.05) is 6.54 Å². The van der Waals surface area contributed by atoms with E-state index < -0.39 is 6.09 Å². The Morgan fingerprint density at radius 3 is 2.19 bits per heavy atom. The van der Waals surface area contributed by atoms with Crippen LogP contribution in [0.4, 0.5) is 4.79 Å². The summed E-state index contributed by atoms with van der Waals surface area (Å²) in [6, 6.07) is 19.8. The van der Waals surface area contributed by atoms with Crippen LogP contribution in [0.5, 0.6) is 0 Å². The number of carbonyl (C=O) groups is 1. The Bertz CT molecular complexity index is 554. The molecule has 2 rings (SSSR count). The standard InChI is InChI=1S/C18H21NO2/c1-15(17-12-6-3-7-13-17)19(18(20)21)14-8-11-16-9-4-2-5-10-16/h2-7,9-10,12-13,15H,8,11,14H2,1H3,(H,20,21)/t15-/m1/s1. The first kappa shape index (κ1) is 15.1. The second-order valence-corrected chi connectivity index (χ2v) is 5.15. The third-order valence-electron chi connectivity index (χ3n) is 3.70. The van der Waals surface area contributed by atoms with Gasteiger partial charge in [-0.25, -0.2) is 4.79 Å². The number of carboxylic acid groups (broad SMARTS) is 1. The predicted octanol–water partition coefficient (Wildman–Crippen LogP) is 4.36. The summed E-state index contributed by atoms with van der Waals surface area (Å²) < 4.78 is 0. The molecule has 21 heavy (non-hydrogen) atoms. The molecule has 2 aromatic rings. The van der Waals surface area contributed by atoms with Gasteiger partial charge in [0.2, 0.25) is 0 Å². The number of benzene rings is 2. The highest BCUT2D eigenvalue weighted by Gasteiger charge is 2.19. The van der Waals surface area contributed by atoms with Crippen LogP contribution in [-0.2, 0) is 6.42 Å². The summed E-state index contributed by atoms with van der Waals surface area (Å²) in [6.45, 7) is 2.48. The number of nitrogens with zero attached hydrogens (tertiary/aromatic N) is 1. The van der Waals surface area contributed by atoms with Crippen molar-refractivity contribution in [3.63, 3.8) is 0 Å². The highest BCUT2D eigenvalue weighted by atomic mass is 16.4. The van der Waals surface area contributed by atoms with Crippen molar-refractivity contribution < 1.29 is 9.90 Å². The van der Waals surface area contributed by atoms with Crippen molar-refractivity contribution in [1.82, 2.24) is 4.90 Å². The van der Waals surface area contributed by atoms with Crippen LogP contribution in [0.3, 0.4) is 0 Å². The van der Waals surface area contributed by atoms with E-state index in [2.05, 4.69) is 12.1 Å². The summed E-state index contributed by atoms with van der Waals surface area (Å²) in [6.07, 6.45) is 0.860. The Hall–Kier alpha value is -2.29. The maximum absolute atomic E-state index is 11.5. The van der Waals surface area contributed by atoms with E-state index in [1.165, 1.54) is 10.5 Å². The molecule has 0 aliphatic rings. The van der Waals surface area contributed by atoms with E-state index in [0.717, 1.165) is 18.4 Å². The molecular formula is C18H21NO2. The van der Waals surface area contributed by atoms with Gasteiger partial charge in [0.1, 0.15) is 0 Å². The lowest BCUT2D eigenvalue weighted by molar-refractivity contribution is 0.127. The van der Waals surface area contributed by atoms with Gasteiger partial charge in [-0.05, 0) is 30.9 Å². The third-order valence-corrected chi connectivity index (χ3v) is 3.70. The minimum Gasteiger partial charge on any atom is -0.465 e. The van der Waals surface area contributed by atoms with Crippen molar-refractivity contribution >= 4 is 6.09 Å². The molecule has 1 atom stereocenters. The zero-order valence-electron chi connectivity index (χ0n) is 12.3. The van der Waals surface area contributed by atoms with Crippen molar-refractivity contribution in [2.75, 3.05) is 6.54 Å². The molecule has 1 amide bonds. The molecule has 0 saturated heterocycles. The second kappa shape index (κ2) is 7.48. The van der Waals surface area contributed by atoms with Gasteiger partial charge in [-0.3, -0.25) is 0 Å². The Morgan fingerprint density at radius 2 is 1.62 bits per heavy atom. The fourth-order valence-electron chi connectivity index (χ4n) is 2.46. The third kappa shape index (κ3) is 4.35. The number of aryl methyl sites for hydroxylation is 1. The van der Waals surface area contributed by atoms with Crippen molar-refractivity contribution in [2.24, 2.45) is 0 Å². The zero-order chi connectivity index (χ0) is 15.1. The summed E-state index contributed by atoms with van der Waals surface area (Å²) in [7, 11) is 0. The molecule has 0 aliphatic carbocycles. The van der Waals surface area contributed by atoms with E-state index in [1.807, 2.05) is 55.5 Å². The van der Waals surface area contributed by atoms with Crippen molar-refractivity contribution in [3.8, 4) is 0 Å². The summed E-state index contributed by atoms with van der Waals surface area (Å²) in [5.41, 5.74) is 2.27. The van der Waals surface area contributed by atoms with Crippen molar-refractivity contribution in [3.05, 3.63) is 71.8 Å². The molecule has 1 N–H and O–H groups in total. The molecular weight excluding hydrogens is 262 g/mol. The first-order valence-electron chi connectivity index (χ1n) is 7.27. The minimum absolute atomic E-state index is 0.125. The van der Waals surface area contributed by atoms with Crippen LogP contribution in [-0.4, -0.2) is 22.6 Å². The molecule has 0 spiro atoms. The minimum atomic E-state index is -0.862. The van der Waals surface area contributed by atoms with E-state index >= 15 is 0 Å². The Balaban J connectivity index is 1.95. The second-order valence-electron chi connectivity index (χ2n) is 5.15. The Labute approximate surface area is 125 Å². The highest BCUT2D eigenvalue weighted by molar-refractivity contribution is 5.65. The molecule has 2 aromatic carbocycles. The predicted molar refractivity (Wildman–Crippen MR) is 84.4 cm³/mol. The van der Waals surface area contributed by atoms with E-state index in [1.54, 1.807) is 0 Å². The van der Waals surface area contributed by atoms with E-state index in [-0.39, 0.29) is 6.04 Å². The quantitative estimate of drug-likeness (QED) is 0.855. The van der Waals surface area contributed by atoms with Crippen LogP contribution in [0, 0.1) is 0 Å². The van der Waals surface area contributed by atoms with Gasteiger partial charge < -0.3 is 10.0 Å². The molecule has 0 aliphatic heterocycles. The summed E-state index contributed by atoms with van der Waals surface area (Å²) >= 11 is 0. The van der Waals surface area contributed by atoms with Gasteiger partial charge in [-0.15, -0.1) is 0 Å². The first-order chi connectivity index (χ1) is 10.2. The van der Waals surface area contributed by atoms with Gasteiger partial charge in [-0.2, -0.15) is 0 Å². The molecule has 0 fully saturated rings. The maximum Gasteiger partial charge on any atom is 0.407 e. The molecule has 0 aromatic heterocycles. The van der Waals surface area contributed by atoms with Crippen molar-refractivity contribution in [1.29, 1.82) is 0 Å². The molecule has 0 radical (unpaired) electrons. The molecule has 3 heteroatoms. The average Bonchev–Trinajstić information content (AvgIpc) is 2.52. The molecule has 0 unspecified atom stereocenters. The zero-order valence-corrected chi connectivity index (χ0v) is 12.3. The molecule has 110 valence electrons. The maximum atomic E-state index is 11.5. The Morgan fingerprint density at radius 1 is 1.05 bits per heavy atom. The molecule has 0 saturated carbocycles. The number of hydrogen-bond donors (Lipinski definition) is 1. The van der Waals surface area contributed by atoms with Crippen LogP contribution < -0.4 is 0 Å². The number of amides is 1. The van der Waals surface area contributed by atoms with Crippen LogP contribution in [0.1, 0.15) is 30.5 Å². The van der Waals surface area contributed by atoms with E-state index in [0.29, 0.717) is 6.54 Å². The summed E-state index contributed by atoms with van der Waals surface area (Å²) in [5, 5.41) is 9.43. The van der Waals surface area contributed by atoms with Crippen molar-refractivity contribution in [2.45, 2.75) is 25.8 Å². The van der Waals surface area contributed by atoms with Gasteiger partial charge in [0.15, 0.2) is 0 Å². The number of hydrogen-bond acceptors (Lipinski definition) is 1. The van der Waals surface area contributed by atoms with Crippen LogP contribution in [0.2, 0.25) is 0 Å². The van der Waals surface area contributed by atoms with Crippen LogP contribution >= 0.6 is 0 Å². The summed E-state index contributed by atoms with van der Waals surface area (Å²) in [5.74, 6) is 0. The smallest absolute Gasteiger partial charge is 0.407 e. The van der Waals surface area contributed by atoms with E-state index in [9.17, 15) is 9.90 Å². The van der Waals surface area contributed by atoms with Crippen LogP contribution in [0.25, 0.3) is 0 Å². The fourth-order valence-corrected chi connectivity index (χ4v) is 2.46. The fraction of sp³-hybridized carbons (Fsp3) is 0.278. The lowest BCUT2D eigenvalue weighted by Gasteiger charge is -2.26.